The maximum atomic E-state index is 12.5. The molecule has 0 spiro atoms. The van der Waals surface area contributed by atoms with Gasteiger partial charge in [-0.15, -0.1) is 0 Å². The highest BCUT2D eigenvalue weighted by Crippen LogP contribution is 2.17. The van der Waals surface area contributed by atoms with E-state index in [1.54, 1.807) is 6.08 Å². The lowest BCUT2D eigenvalue weighted by Gasteiger charge is -2.21. The van der Waals surface area contributed by atoms with Crippen molar-refractivity contribution in [2.45, 2.75) is 321 Å². The normalized spacial score (nSPS) is 13.6. The summed E-state index contributed by atoms with van der Waals surface area (Å²) in [6.45, 7) is 4.23. The lowest BCUT2D eigenvalue weighted by molar-refractivity contribution is -0.124. The smallest absolute Gasteiger partial charge is 0.222 e. The predicted octanol–water partition coefficient (Wildman–Crippen LogP) is 18.0. The van der Waals surface area contributed by atoms with Gasteiger partial charge in [-0.3, -0.25) is 4.79 Å². The highest BCUT2D eigenvalue weighted by atomic mass is 16.3. The van der Waals surface area contributed by atoms with Crippen molar-refractivity contribution < 1.29 is 20.1 Å². The number of aliphatic hydroxyl groups is 3. The van der Waals surface area contributed by atoms with Crippen LogP contribution in [0.4, 0.5) is 0 Å². The third-order valence-corrected chi connectivity index (χ3v) is 13.3. The molecule has 382 valence electrons. The molecule has 3 atom stereocenters. The van der Waals surface area contributed by atoms with Crippen molar-refractivity contribution in [3.63, 3.8) is 0 Å². The van der Waals surface area contributed by atoms with Crippen LogP contribution in [-0.4, -0.2) is 46.1 Å². The number of carbonyl (C=O) groups is 1. The zero-order valence-corrected chi connectivity index (χ0v) is 43.6. The van der Waals surface area contributed by atoms with Crippen molar-refractivity contribution in [2.24, 2.45) is 0 Å². The molecular weight excluding hydrogens is 799 g/mol. The van der Waals surface area contributed by atoms with Crippen molar-refractivity contribution in [2.75, 3.05) is 6.61 Å². The fraction of sp³-hybridized carbons (Fsp3) is 0.850. The predicted molar refractivity (Wildman–Crippen MR) is 287 cm³/mol. The fourth-order valence-corrected chi connectivity index (χ4v) is 8.90. The van der Waals surface area contributed by atoms with Crippen LogP contribution < -0.4 is 5.32 Å². The Bertz CT molecular complexity index is 1050. The van der Waals surface area contributed by atoms with E-state index < -0.39 is 18.2 Å². The molecule has 0 saturated heterocycles. The van der Waals surface area contributed by atoms with Gasteiger partial charge in [0.05, 0.1) is 31.3 Å². The molecule has 0 aromatic carbocycles. The Kier molecular flexibility index (Phi) is 53.5. The Labute approximate surface area is 406 Å². The number of allylic oxidation sites excluding steroid dienone is 7. The van der Waals surface area contributed by atoms with Crippen molar-refractivity contribution >= 4 is 5.91 Å². The van der Waals surface area contributed by atoms with Gasteiger partial charge in [0.1, 0.15) is 0 Å². The summed E-state index contributed by atoms with van der Waals surface area (Å²) in [5, 5.41) is 33.4. The number of unbranched alkanes of at least 4 members (excludes halogenated alkanes) is 38. The quantitative estimate of drug-likeness (QED) is 0.0361. The number of hydrogen-bond donors (Lipinski definition) is 4. The zero-order chi connectivity index (χ0) is 47.2. The molecule has 3 unspecified atom stereocenters. The summed E-state index contributed by atoms with van der Waals surface area (Å²) >= 11 is 0. The van der Waals surface area contributed by atoms with Crippen LogP contribution in [0, 0.1) is 0 Å². The third kappa shape index (κ3) is 51.5. The molecule has 0 heterocycles. The fourth-order valence-electron chi connectivity index (χ4n) is 8.90. The third-order valence-electron chi connectivity index (χ3n) is 13.3. The number of carbonyl (C=O) groups excluding carboxylic acids is 1. The van der Waals surface area contributed by atoms with E-state index >= 15 is 0 Å². The Morgan fingerprint density at radius 1 is 0.385 bits per heavy atom. The highest BCUT2D eigenvalue weighted by molar-refractivity contribution is 5.76. The molecule has 0 rings (SSSR count). The number of amides is 1. The molecule has 4 N–H and O–H groups in total. The minimum Gasteiger partial charge on any atom is -0.394 e. The van der Waals surface area contributed by atoms with Crippen molar-refractivity contribution in [1.82, 2.24) is 5.32 Å². The van der Waals surface area contributed by atoms with E-state index in [1.165, 1.54) is 238 Å². The van der Waals surface area contributed by atoms with Gasteiger partial charge >= 0.3 is 0 Å². The maximum absolute atomic E-state index is 12.5. The summed E-state index contributed by atoms with van der Waals surface area (Å²) < 4.78 is 0. The van der Waals surface area contributed by atoms with Crippen molar-refractivity contribution in [3.8, 4) is 0 Å². The molecule has 5 nitrogen and oxygen atoms in total. The molecule has 65 heavy (non-hydrogen) atoms. The van der Waals surface area contributed by atoms with E-state index in [1.807, 2.05) is 6.08 Å². The summed E-state index contributed by atoms with van der Waals surface area (Å²) in [5.41, 5.74) is 0. The van der Waals surface area contributed by atoms with Gasteiger partial charge in [-0.05, 0) is 70.6 Å². The van der Waals surface area contributed by atoms with Crippen LogP contribution >= 0.6 is 0 Å². The highest BCUT2D eigenvalue weighted by Gasteiger charge is 2.20. The van der Waals surface area contributed by atoms with Crippen molar-refractivity contribution in [1.29, 1.82) is 0 Å². The summed E-state index contributed by atoms with van der Waals surface area (Å²) in [7, 11) is 0. The van der Waals surface area contributed by atoms with E-state index in [9.17, 15) is 20.1 Å². The van der Waals surface area contributed by atoms with Crippen LogP contribution in [0.15, 0.2) is 48.6 Å². The molecule has 0 bridgehead atoms. The maximum Gasteiger partial charge on any atom is 0.222 e. The van der Waals surface area contributed by atoms with Crippen LogP contribution in [0.25, 0.3) is 0 Å². The molecule has 1 amide bonds. The Morgan fingerprint density at radius 3 is 0.985 bits per heavy atom. The lowest BCUT2D eigenvalue weighted by Crippen LogP contribution is -2.45. The number of nitrogens with one attached hydrogen (secondary N) is 1. The summed E-state index contributed by atoms with van der Waals surface area (Å²) in [6, 6.07) is -0.770. The molecule has 0 aliphatic rings. The van der Waals surface area contributed by atoms with Crippen LogP contribution in [0.1, 0.15) is 303 Å². The zero-order valence-electron chi connectivity index (χ0n) is 43.6. The number of hydrogen-bond acceptors (Lipinski definition) is 4. The lowest BCUT2D eigenvalue weighted by atomic mass is 10.0. The van der Waals surface area contributed by atoms with E-state index in [2.05, 4.69) is 55.6 Å². The van der Waals surface area contributed by atoms with Gasteiger partial charge < -0.3 is 20.6 Å². The van der Waals surface area contributed by atoms with Gasteiger partial charge in [-0.2, -0.15) is 0 Å². The average molecular weight is 913 g/mol. The molecule has 0 aliphatic heterocycles. The van der Waals surface area contributed by atoms with Gasteiger partial charge in [0.25, 0.3) is 0 Å². The largest absolute Gasteiger partial charge is 0.394 e. The molecular formula is C60H113NO4. The minimum absolute atomic E-state index is 0.00101. The molecule has 0 fully saturated rings. The van der Waals surface area contributed by atoms with Crippen LogP contribution in [-0.2, 0) is 4.79 Å². The first kappa shape index (κ1) is 63.3. The van der Waals surface area contributed by atoms with E-state index in [-0.39, 0.29) is 18.9 Å². The second kappa shape index (κ2) is 54.9. The van der Waals surface area contributed by atoms with Gasteiger partial charge in [0.2, 0.25) is 5.91 Å². The van der Waals surface area contributed by atoms with Gasteiger partial charge in [-0.25, -0.2) is 0 Å². The number of aliphatic hydroxyl groups excluding tert-OH is 3. The van der Waals surface area contributed by atoms with E-state index in [4.69, 9.17) is 0 Å². The SMILES string of the molecule is CCCCCCCCCCCCCC/C=C\CCCCCCCCCCCC(O)CC(=O)NC(CO)C(O)/C=C/CC/C=C/CC/C=C/CCCCCCCCCCCCCCCCC. The summed E-state index contributed by atoms with van der Waals surface area (Å²) in [4.78, 5) is 12.5. The van der Waals surface area contributed by atoms with Crippen LogP contribution in [0.3, 0.4) is 0 Å². The first-order valence-electron chi connectivity index (χ1n) is 28.9. The monoisotopic (exact) mass is 912 g/mol. The summed E-state index contributed by atoms with van der Waals surface area (Å²) in [6.07, 6.45) is 73.1. The average Bonchev–Trinajstić information content (AvgIpc) is 3.30. The van der Waals surface area contributed by atoms with Crippen LogP contribution in [0.5, 0.6) is 0 Å². The van der Waals surface area contributed by atoms with E-state index in [0.29, 0.717) is 6.42 Å². The van der Waals surface area contributed by atoms with Gasteiger partial charge in [0, 0.05) is 0 Å². The van der Waals surface area contributed by atoms with Crippen molar-refractivity contribution in [3.05, 3.63) is 48.6 Å². The number of rotatable bonds is 53. The summed E-state index contributed by atoms with van der Waals surface area (Å²) in [5.74, 6) is -0.328. The van der Waals surface area contributed by atoms with Gasteiger partial charge in [0.15, 0.2) is 0 Å². The molecule has 0 aromatic heterocycles. The Balaban J connectivity index is 3.63. The first-order valence-corrected chi connectivity index (χ1v) is 28.9. The second-order valence-electron chi connectivity index (χ2n) is 19.9. The minimum atomic E-state index is -0.963. The van der Waals surface area contributed by atoms with Gasteiger partial charge in [-0.1, -0.05) is 274 Å². The molecule has 0 aliphatic carbocycles. The standard InChI is InChI=1S/C60H113NO4/c1-3-5-7-9-11-13-15-17-19-21-23-25-27-29-31-33-35-37-39-41-43-45-47-49-51-53-57(63)55-60(65)61-58(56-62)59(64)54-52-50-48-46-44-42-40-38-36-34-32-30-28-26-24-22-20-18-16-14-12-10-8-6-4-2/h29,31,36,38,44,46,52,54,57-59,62-64H,3-28,30,32-35,37,39-43,45,47-51,53,55-56H2,1-2H3,(H,61,65)/b31-29-,38-36+,46-44+,54-52+. The second-order valence-corrected chi connectivity index (χ2v) is 19.9. The molecule has 0 saturated carbocycles. The Hall–Kier alpha value is -1.69. The Morgan fingerprint density at radius 2 is 0.662 bits per heavy atom. The molecule has 0 radical (unpaired) electrons. The van der Waals surface area contributed by atoms with Crippen LogP contribution in [0.2, 0.25) is 0 Å². The molecule has 0 aromatic rings. The topological polar surface area (TPSA) is 89.8 Å². The molecule has 5 heteroatoms. The van der Waals surface area contributed by atoms with E-state index in [0.717, 1.165) is 38.5 Å². The first-order chi connectivity index (χ1) is 32.0.